The van der Waals surface area contributed by atoms with Crippen molar-refractivity contribution in [3.63, 3.8) is 0 Å². The van der Waals surface area contributed by atoms with E-state index < -0.39 is 9.84 Å². The number of rotatable bonds is 4. The fraction of sp³-hybridized carbons (Fsp3) is 0.818. The van der Waals surface area contributed by atoms with Crippen LogP contribution in [0.5, 0.6) is 0 Å². The van der Waals surface area contributed by atoms with Gasteiger partial charge in [0.25, 0.3) is 0 Å². The highest BCUT2D eigenvalue weighted by molar-refractivity contribution is 7.91. The predicted octanol–water partition coefficient (Wildman–Crippen LogP) is 0.812. The zero-order valence-corrected chi connectivity index (χ0v) is 11.8. The van der Waals surface area contributed by atoms with Crippen molar-refractivity contribution in [1.29, 1.82) is 0 Å². The molecule has 0 aromatic carbocycles. The fourth-order valence-corrected chi connectivity index (χ4v) is 3.84. The van der Waals surface area contributed by atoms with Crippen molar-refractivity contribution in [2.45, 2.75) is 38.8 Å². The first kappa shape index (κ1) is 13.5. The molecule has 2 heterocycles. The first-order valence-electron chi connectivity index (χ1n) is 6.10. The van der Waals surface area contributed by atoms with E-state index in [1.807, 2.05) is 25.8 Å². The third-order valence-corrected chi connectivity index (χ3v) is 4.97. The molecule has 0 aliphatic carbocycles. The monoisotopic (exact) mass is 273 g/mol. The van der Waals surface area contributed by atoms with E-state index in [0.717, 1.165) is 0 Å². The zero-order chi connectivity index (χ0) is 13.3. The third kappa shape index (κ3) is 3.08. The summed E-state index contributed by atoms with van der Waals surface area (Å²) in [7, 11) is -0.956. The van der Waals surface area contributed by atoms with Gasteiger partial charge in [-0.05, 0) is 13.5 Å². The van der Waals surface area contributed by atoms with E-state index in [4.69, 9.17) is 4.52 Å². The Labute approximate surface area is 107 Å². The van der Waals surface area contributed by atoms with Gasteiger partial charge in [-0.3, -0.25) is 4.90 Å². The van der Waals surface area contributed by atoms with Crippen molar-refractivity contribution in [2.24, 2.45) is 0 Å². The van der Waals surface area contributed by atoms with Crippen molar-refractivity contribution in [1.82, 2.24) is 15.0 Å². The summed E-state index contributed by atoms with van der Waals surface area (Å²) in [6.07, 6.45) is 0.685. The van der Waals surface area contributed by atoms with Crippen LogP contribution in [0.4, 0.5) is 0 Å². The van der Waals surface area contributed by atoms with Gasteiger partial charge in [-0.25, -0.2) is 8.42 Å². The molecular weight excluding hydrogens is 254 g/mol. The summed E-state index contributed by atoms with van der Waals surface area (Å²) in [5.41, 5.74) is 0. The van der Waals surface area contributed by atoms with Crippen molar-refractivity contribution in [3.05, 3.63) is 11.7 Å². The van der Waals surface area contributed by atoms with Gasteiger partial charge in [0, 0.05) is 12.0 Å². The smallest absolute Gasteiger partial charge is 0.240 e. The highest BCUT2D eigenvalue weighted by Gasteiger charge is 2.31. The summed E-state index contributed by atoms with van der Waals surface area (Å²) >= 11 is 0. The zero-order valence-electron chi connectivity index (χ0n) is 11.0. The Hall–Kier alpha value is -0.950. The molecule has 1 aliphatic heterocycles. The second-order valence-electron chi connectivity index (χ2n) is 5.17. The van der Waals surface area contributed by atoms with Gasteiger partial charge in [0.05, 0.1) is 18.1 Å². The summed E-state index contributed by atoms with van der Waals surface area (Å²) < 4.78 is 28.0. The first-order chi connectivity index (χ1) is 8.37. The number of aromatic nitrogens is 2. The highest BCUT2D eigenvalue weighted by atomic mass is 32.2. The minimum atomic E-state index is -2.85. The predicted molar refractivity (Wildman–Crippen MR) is 66.9 cm³/mol. The van der Waals surface area contributed by atoms with E-state index in [-0.39, 0.29) is 23.5 Å². The van der Waals surface area contributed by atoms with E-state index >= 15 is 0 Å². The van der Waals surface area contributed by atoms with Gasteiger partial charge in [0.15, 0.2) is 15.7 Å². The van der Waals surface area contributed by atoms with Crippen LogP contribution in [0.1, 0.15) is 37.9 Å². The maximum absolute atomic E-state index is 11.4. The van der Waals surface area contributed by atoms with Gasteiger partial charge in [0.1, 0.15) is 0 Å². The molecule has 0 amide bonds. The van der Waals surface area contributed by atoms with Crippen molar-refractivity contribution >= 4 is 9.84 Å². The molecule has 102 valence electrons. The number of hydrogen-bond donors (Lipinski definition) is 0. The third-order valence-electron chi connectivity index (χ3n) is 3.22. The van der Waals surface area contributed by atoms with E-state index in [1.54, 1.807) is 0 Å². The molecule has 1 aliphatic rings. The lowest BCUT2D eigenvalue weighted by Crippen LogP contribution is -2.32. The molecule has 1 aromatic heterocycles. The lowest BCUT2D eigenvalue weighted by Gasteiger charge is -2.20. The van der Waals surface area contributed by atoms with Crippen LogP contribution in [0.2, 0.25) is 0 Å². The molecular formula is C11H19N3O3S. The molecule has 0 N–H and O–H groups in total. The maximum atomic E-state index is 11.4. The molecule has 2 rings (SSSR count). The summed E-state index contributed by atoms with van der Waals surface area (Å²) in [4.78, 5) is 6.26. The van der Waals surface area contributed by atoms with E-state index in [1.165, 1.54) is 0 Å². The van der Waals surface area contributed by atoms with Crippen LogP contribution in [-0.4, -0.2) is 48.1 Å². The number of sulfone groups is 1. The Morgan fingerprint density at radius 3 is 2.72 bits per heavy atom. The summed E-state index contributed by atoms with van der Waals surface area (Å²) in [6, 6.07) is 0.0596. The fourth-order valence-electron chi connectivity index (χ4n) is 2.03. The normalized spacial score (nSPS) is 23.1. The molecule has 6 nitrogen and oxygen atoms in total. The van der Waals surface area contributed by atoms with E-state index in [2.05, 4.69) is 10.1 Å². The molecule has 7 heteroatoms. The topological polar surface area (TPSA) is 76.3 Å². The lowest BCUT2D eigenvalue weighted by atomic mass is 10.2. The van der Waals surface area contributed by atoms with Gasteiger partial charge < -0.3 is 4.52 Å². The standard InChI is InChI=1S/C11H19N3O3S/c1-8(2)11-12-10(17-13-11)6-14(3)9-4-5-18(15,16)7-9/h8-9H,4-7H2,1-3H3. The average Bonchev–Trinajstić information content (AvgIpc) is 2.84. The second kappa shape index (κ2) is 4.97. The molecule has 18 heavy (non-hydrogen) atoms. The van der Waals surface area contributed by atoms with Crippen LogP contribution in [0, 0.1) is 0 Å². The molecule has 0 saturated carbocycles. The van der Waals surface area contributed by atoms with Gasteiger partial charge in [-0.15, -0.1) is 0 Å². The largest absolute Gasteiger partial charge is 0.338 e. The Morgan fingerprint density at radius 2 is 2.22 bits per heavy atom. The Kier molecular flexibility index (Phi) is 3.72. The quantitative estimate of drug-likeness (QED) is 0.808. The minimum absolute atomic E-state index is 0.0596. The van der Waals surface area contributed by atoms with Crippen molar-refractivity contribution in [3.8, 4) is 0 Å². The van der Waals surface area contributed by atoms with Gasteiger partial charge in [-0.2, -0.15) is 4.98 Å². The van der Waals surface area contributed by atoms with Crippen LogP contribution in [0.25, 0.3) is 0 Å². The minimum Gasteiger partial charge on any atom is -0.338 e. The number of hydrogen-bond acceptors (Lipinski definition) is 6. The highest BCUT2D eigenvalue weighted by Crippen LogP contribution is 2.18. The Morgan fingerprint density at radius 1 is 1.50 bits per heavy atom. The molecule has 0 bridgehead atoms. The van der Waals surface area contributed by atoms with E-state index in [0.29, 0.717) is 24.7 Å². The first-order valence-corrected chi connectivity index (χ1v) is 7.92. The summed E-state index contributed by atoms with van der Waals surface area (Å²) in [5.74, 6) is 1.99. The Bertz CT molecular complexity index is 509. The SMILES string of the molecule is CC(C)c1noc(CN(C)C2CCS(=O)(=O)C2)n1. The van der Waals surface area contributed by atoms with Gasteiger partial charge in [0.2, 0.25) is 5.89 Å². The molecule has 1 fully saturated rings. The van der Waals surface area contributed by atoms with Crippen LogP contribution in [0.3, 0.4) is 0 Å². The van der Waals surface area contributed by atoms with Crippen LogP contribution in [0.15, 0.2) is 4.52 Å². The average molecular weight is 273 g/mol. The van der Waals surface area contributed by atoms with Gasteiger partial charge in [-0.1, -0.05) is 19.0 Å². The summed E-state index contributed by atoms with van der Waals surface area (Å²) in [5, 5.41) is 3.89. The molecule has 1 saturated heterocycles. The molecule has 1 unspecified atom stereocenters. The number of nitrogens with zero attached hydrogens (tertiary/aromatic N) is 3. The van der Waals surface area contributed by atoms with Crippen LogP contribution in [-0.2, 0) is 16.4 Å². The Balaban J connectivity index is 1.97. The lowest BCUT2D eigenvalue weighted by molar-refractivity contribution is 0.217. The van der Waals surface area contributed by atoms with E-state index in [9.17, 15) is 8.42 Å². The van der Waals surface area contributed by atoms with Crippen LogP contribution >= 0.6 is 0 Å². The molecule has 1 atom stereocenters. The molecule has 0 radical (unpaired) electrons. The van der Waals surface area contributed by atoms with Crippen LogP contribution < -0.4 is 0 Å². The summed E-state index contributed by atoms with van der Waals surface area (Å²) in [6.45, 7) is 4.50. The van der Waals surface area contributed by atoms with Crippen molar-refractivity contribution in [2.75, 3.05) is 18.6 Å². The van der Waals surface area contributed by atoms with Crippen molar-refractivity contribution < 1.29 is 12.9 Å². The second-order valence-corrected chi connectivity index (χ2v) is 7.40. The molecule has 1 aromatic rings. The molecule has 0 spiro atoms. The maximum Gasteiger partial charge on any atom is 0.240 e. The van der Waals surface area contributed by atoms with Gasteiger partial charge >= 0.3 is 0 Å².